The van der Waals surface area contributed by atoms with Crippen LogP contribution in [0.3, 0.4) is 0 Å². The molecule has 4 rings (SSSR count). The molecule has 0 bridgehead atoms. The van der Waals surface area contributed by atoms with Crippen LogP contribution in [0.5, 0.6) is 0 Å². The normalized spacial score (nSPS) is 24.1. The number of sulfonamides is 1. The third kappa shape index (κ3) is 5.73. The Morgan fingerprint density at radius 1 is 1.20 bits per heavy atom. The maximum absolute atomic E-state index is 13.6. The van der Waals surface area contributed by atoms with Gasteiger partial charge in [-0.25, -0.2) is 8.42 Å². The molecule has 4 heterocycles. The topological polar surface area (TPSA) is 117 Å². The zero-order valence-electron chi connectivity index (χ0n) is 20.3. The average molecular weight is 507 g/mol. The minimum atomic E-state index is -3.76. The molecule has 2 amide bonds. The summed E-state index contributed by atoms with van der Waals surface area (Å²) >= 11 is 0. The summed E-state index contributed by atoms with van der Waals surface area (Å²) in [5.41, 5.74) is 0.549. The van der Waals surface area contributed by atoms with Crippen LogP contribution in [0, 0.1) is 11.8 Å². The fraction of sp³-hybridized carbons (Fsp3) is 0.667. The van der Waals surface area contributed by atoms with Crippen molar-refractivity contribution in [2.75, 3.05) is 39.4 Å². The second-order valence-corrected chi connectivity index (χ2v) is 11.9. The van der Waals surface area contributed by atoms with Crippen LogP contribution in [0.1, 0.15) is 38.7 Å². The number of carbonyl (C=O) groups is 3. The quantitative estimate of drug-likeness (QED) is 0.509. The number of amides is 2. The molecule has 3 saturated heterocycles. The van der Waals surface area contributed by atoms with Gasteiger partial charge in [0.25, 0.3) is 0 Å². The highest BCUT2D eigenvalue weighted by Gasteiger charge is 2.54. The molecule has 0 saturated carbocycles. The highest BCUT2D eigenvalue weighted by Crippen LogP contribution is 2.34. The van der Waals surface area contributed by atoms with Gasteiger partial charge in [-0.3, -0.25) is 19.4 Å². The molecule has 1 aromatic rings. The van der Waals surface area contributed by atoms with Crippen LogP contribution in [0.4, 0.5) is 0 Å². The molecule has 1 aromatic heterocycles. The van der Waals surface area contributed by atoms with Crippen molar-refractivity contribution in [1.82, 2.24) is 19.1 Å². The van der Waals surface area contributed by atoms with Crippen LogP contribution < -0.4 is 0 Å². The molecule has 0 spiro atoms. The number of nitrogens with zero attached hydrogens (tertiary/aromatic N) is 4. The summed E-state index contributed by atoms with van der Waals surface area (Å²) in [6.07, 6.45) is 4.09. The Bertz CT molecular complexity index is 1040. The number of morpholine rings is 1. The lowest BCUT2D eigenvalue weighted by Gasteiger charge is -2.31. The van der Waals surface area contributed by atoms with Crippen LogP contribution in [0.2, 0.25) is 0 Å². The molecule has 11 heteroatoms. The van der Waals surface area contributed by atoms with E-state index in [1.54, 1.807) is 23.2 Å². The van der Waals surface area contributed by atoms with E-state index in [0.717, 1.165) is 0 Å². The number of carbonyl (C=O) groups excluding carboxylic acids is 3. The summed E-state index contributed by atoms with van der Waals surface area (Å²) in [4.78, 5) is 46.8. The summed E-state index contributed by atoms with van der Waals surface area (Å²) in [6.45, 7) is 6.07. The van der Waals surface area contributed by atoms with Crippen LogP contribution in [0.15, 0.2) is 24.5 Å². The van der Waals surface area contributed by atoms with Gasteiger partial charge in [0.2, 0.25) is 21.8 Å². The number of aromatic nitrogens is 1. The smallest absolute Gasteiger partial charge is 0.226 e. The van der Waals surface area contributed by atoms with Crippen molar-refractivity contribution in [3.8, 4) is 0 Å². The van der Waals surface area contributed by atoms with E-state index in [2.05, 4.69) is 4.98 Å². The molecular formula is C24H34N4O6S. The molecule has 35 heavy (non-hydrogen) atoms. The minimum absolute atomic E-state index is 0.0820. The van der Waals surface area contributed by atoms with Gasteiger partial charge in [0.05, 0.1) is 31.6 Å². The Labute approximate surface area is 206 Å². The molecule has 0 aromatic carbocycles. The van der Waals surface area contributed by atoms with E-state index in [0.29, 0.717) is 51.3 Å². The Balaban J connectivity index is 1.48. The van der Waals surface area contributed by atoms with E-state index in [-0.39, 0.29) is 42.2 Å². The third-order valence-electron chi connectivity index (χ3n) is 6.98. The standard InChI is InChI=1S/C24H34N4O6S/c1-17(2)12-19(13-22(30)26-8-10-34-11-9-26)24(31)27-7-5-20-23(27)21(29)15-28(20)35(32,33)16-18-4-3-6-25-14-18/h3-4,6,14,17,19-20,23H,5,7-13,15-16H2,1-2H3. The first-order valence-corrected chi connectivity index (χ1v) is 13.9. The molecule has 10 nitrogen and oxygen atoms in total. The average Bonchev–Trinajstić information content (AvgIpc) is 3.40. The molecule has 3 fully saturated rings. The number of pyridine rings is 1. The summed E-state index contributed by atoms with van der Waals surface area (Å²) in [5, 5.41) is 0. The van der Waals surface area contributed by atoms with Crippen molar-refractivity contribution in [1.29, 1.82) is 0 Å². The zero-order valence-corrected chi connectivity index (χ0v) is 21.2. The van der Waals surface area contributed by atoms with Gasteiger partial charge in [0, 0.05) is 44.4 Å². The predicted octanol–water partition coefficient (Wildman–Crippen LogP) is 0.677. The number of rotatable bonds is 8. The van der Waals surface area contributed by atoms with Gasteiger partial charge in [0.1, 0.15) is 6.04 Å². The Kier molecular flexibility index (Phi) is 7.87. The second kappa shape index (κ2) is 10.7. The van der Waals surface area contributed by atoms with E-state index >= 15 is 0 Å². The Morgan fingerprint density at radius 3 is 2.60 bits per heavy atom. The summed E-state index contributed by atoms with van der Waals surface area (Å²) in [6, 6.07) is 2.00. The number of likely N-dealkylation sites (tertiary alicyclic amines) is 1. The number of hydrogen-bond donors (Lipinski definition) is 0. The predicted molar refractivity (Wildman–Crippen MR) is 127 cm³/mol. The third-order valence-corrected chi connectivity index (χ3v) is 8.79. The van der Waals surface area contributed by atoms with Crippen molar-refractivity contribution >= 4 is 27.6 Å². The van der Waals surface area contributed by atoms with Gasteiger partial charge < -0.3 is 14.5 Å². The maximum Gasteiger partial charge on any atom is 0.226 e. The number of fused-ring (bicyclic) bond motifs is 1. The van der Waals surface area contributed by atoms with Gasteiger partial charge in [-0.1, -0.05) is 19.9 Å². The van der Waals surface area contributed by atoms with E-state index in [9.17, 15) is 22.8 Å². The lowest BCUT2D eigenvalue weighted by atomic mass is 9.91. The number of ether oxygens (including phenoxy) is 1. The summed E-state index contributed by atoms with van der Waals surface area (Å²) in [5.74, 6) is -1.17. The highest BCUT2D eigenvalue weighted by molar-refractivity contribution is 7.88. The summed E-state index contributed by atoms with van der Waals surface area (Å²) in [7, 11) is -3.76. The number of hydrogen-bond acceptors (Lipinski definition) is 7. The minimum Gasteiger partial charge on any atom is -0.378 e. The van der Waals surface area contributed by atoms with Crippen molar-refractivity contribution in [3.05, 3.63) is 30.1 Å². The van der Waals surface area contributed by atoms with E-state index in [1.807, 2.05) is 13.8 Å². The molecule has 3 unspecified atom stereocenters. The molecule has 3 atom stereocenters. The van der Waals surface area contributed by atoms with Gasteiger partial charge in [-0.05, 0) is 30.4 Å². The Morgan fingerprint density at radius 2 is 1.94 bits per heavy atom. The van der Waals surface area contributed by atoms with Crippen molar-refractivity contribution in [2.45, 2.75) is 50.9 Å². The van der Waals surface area contributed by atoms with Crippen LogP contribution in [-0.4, -0.2) is 96.6 Å². The molecule has 3 aliphatic heterocycles. The van der Waals surface area contributed by atoms with Gasteiger partial charge in [-0.15, -0.1) is 0 Å². The first-order chi connectivity index (χ1) is 16.7. The molecule has 0 N–H and O–H groups in total. The van der Waals surface area contributed by atoms with Crippen molar-refractivity contribution in [3.63, 3.8) is 0 Å². The lowest BCUT2D eigenvalue weighted by Crippen LogP contribution is -2.47. The Hall–Kier alpha value is -2.37. The second-order valence-electron chi connectivity index (χ2n) is 9.99. The van der Waals surface area contributed by atoms with Crippen LogP contribution >= 0.6 is 0 Å². The fourth-order valence-electron chi connectivity index (χ4n) is 5.39. The van der Waals surface area contributed by atoms with Gasteiger partial charge >= 0.3 is 0 Å². The van der Waals surface area contributed by atoms with E-state index < -0.39 is 28.0 Å². The SMILES string of the molecule is CC(C)CC(CC(=O)N1CCOCC1)C(=O)N1CCC2C1C(=O)CN2S(=O)(=O)Cc1cccnc1. The molecular weight excluding hydrogens is 472 g/mol. The summed E-state index contributed by atoms with van der Waals surface area (Å²) < 4.78 is 32.9. The zero-order chi connectivity index (χ0) is 25.2. The molecule has 192 valence electrons. The molecule has 0 radical (unpaired) electrons. The van der Waals surface area contributed by atoms with Crippen LogP contribution in [-0.2, 0) is 34.9 Å². The van der Waals surface area contributed by atoms with E-state index in [4.69, 9.17) is 4.74 Å². The van der Waals surface area contributed by atoms with E-state index in [1.165, 1.54) is 15.4 Å². The van der Waals surface area contributed by atoms with Gasteiger partial charge in [-0.2, -0.15) is 4.31 Å². The monoisotopic (exact) mass is 506 g/mol. The maximum atomic E-state index is 13.6. The highest BCUT2D eigenvalue weighted by atomic mass is 32.2. The lowest BCUT2D eigenvalue weighted by molar-refractivity contribution is -0.145. The van der Waals surface area contributed by atoms with Crippen LogP contribution in [0.25, 0.3) is 0 Å². The number of Topliss-reactive ketones (excluding diaryl/α,β-unsaturated/α-hetero) is 1. The fourth-order valence-corrected chi connectivity index (χ4v) is 7.10. The van der Waals surface area contributed by atoms with Crippen molar-refractivity contribution in [2.24, 2.45) is 11.8 Å². The number of ketones is 1. The van der Waals surface area contributed by atoms with Crippen molar-refractivity contribution < 1.29 is 27.5 Å². The first-order valence-electron chi connectivity index (χ1n) is 12.2. The largest absolute Gasteiger partial charge is 0.378 e. The molecule has 3 aliphatic rings. The van der Waals surface area contributed by atoms with Gasteiger partial charge in [0.15, 0.2) is 5.78 Å². The molecule has 0 aliphatic carbocycles. The first kappa shape index (κ1) is 25.7.